The number of hydrogen-bond acceptors (Lipinski definition) is 3. The molecule has 1 amide bonds. The van der Waals surface area contributed by atoms with Crippen molar-refractivity contribution in [3.05, 3.63) is 29.8 Å². The molecule has 4 heteroatoms. The molecular weight excluding hydrogens is 256 g/mol. The molecule has 0 bridgehead atoms. The van der Waals surface area contributed by atoms with Gasteiger partial charge in [-0.15, -0.1) is 11.8 Å². The van der Waals surface area contributed by atoms with Gasteiger partial charge in [-0.2, -0.15) is 0 Å². The largest absolute Gasteiger partial charge is 0.369 e. The summed E-state index contributed by atoms with van der Waals surface area (Å²) in [4.78, 5) is 14.7. The molecule has 2 rings (SSSR count). The van der Waals surface area contributed by atoms with Crippen LogP contribution in [-0.4, -0.2) is 35.7 Å². The van der Waals surface area contributed by atoms with Crippen LogP contribution in [0.25, 0.3) is 0 Å². The number of carbonyl (C=O) groups is 1. The maximum Gasteiger partial charge on any atom is 0.231 e. The van der Waals surface area contributed by atoms with Gasteiger partial charge in [0.05, 0.1) is 6.54 Å². The molecule has 1 aromatic carbocycles. The van der Waals surface area contributed by atoms with Crippen molar-refractivity contribution in [2.45, 2.75) is 36.3 Å². The van der Waals surface area contributed by atoms with Crippen molar-refractivity contribution in [2.24, 2.45) is 5.73 Å². The second-order valence-electron chi connectivity index (χ2n) is 5.11. The van der Waals surface area contributed by atoms with Crippen molar-refractivity contribution in [2.75, 3.05) is 19.6 Å². The van der Waals surface area contributed by atoms with Crippen LogP contribution in [0.3, 0.4) is 0 Å². The molecule has 0 saturated heterocycles. The molecule has 0 aliphatic carbocycles. The molecule has 0 aromatic heterocycles. The van der Waals surface area contributed by atoms with Gasteiger partial charge in [-0.25, -0.2) is 0 Å². The highest BCUT2D eigenvalue weighted by Crippen LogP contribution is 2.36. The third-order valence-electron chi connectivity index (χ3n) is 3.38. The number of thioether (sulfide) groups is 1. The fraction of sp³-hybridized carbons (Fsp3) is 0.533. The molecule has 2 N–H and O–H groups in total. The number of benzene rings is 1. The molecule has 0 radical (unpaired) electrons. The molecule has 0 saturated carbocycles. The zero-order chi connectivity index (χ0) is 13.7. The molecule has 1 aliphatic rings. The first-order chi connectivity index (χ1) is 9.19. The highest BCUT2D eigenvalue weighted by Gasteiger charge is 2.24. The molecule has 19 heavy (non-hydrogen) atoms. The van der Waals surface area contributed by atoms with Crippen molar-refractivity contribution < 1.29 is 4.79 Å². The minimum Gasteiger partial charge on any atom is -0.369 e. The van der Waals surface area contributed by atoms with E-state index in [4.69, 9.17) is 5.73 Å². The second-order valence-corrected chi connectivity index (χ2v) is 6.45. The Morgan fingerprint density at radius 2 is 2.26 bits per heavy atom. The van der Waals surface area contributed by atoms with Gasteiger partial charge in [-0.3, -0.25) is 9.69 Å². The summed E-state index contributed by atoms with van der Waals surface area (Å²) in [5, 5.41) is 0.550. The van der Waals surface area contributed by atoms with Crippen LogP contribution in [0.4, 0.5) is 0 Å². The Kier molecular flexibility index (Phi) is 5.28. The normalized spacial score (nSPS) is 17.7. The fourth-order valence-corrected chi connectivity index (χ4v) is 3.85. The van der Waals surface area contributed by atoms with Gasteiger partial charge in [-0.1, -0.05) is 31.5 Å². The van der Waals surface area contributed by atoms with Crippen molar-refractivity contribution >= 4 is 17.7 Å². The Hall–Kier alpha value is -1.00. The molecule has 0 spiro atoms. The Morgan fingerprint density at radius 1 is 1.47 bits per heavy atom. The molecule has 1 heterocycles. The maximum absolute atomic E-state index is 11.1. The van der Waals surface area contributed by atoms with Crippen LogP contribution in [0.1, 0.15) is 25.3 Å². The first-order valence-corrected chi connectivity index (χ1v) is 7.82. The lowest BCUT2D eigenvalue weighted by Crippen LogP contribution is -2.38. The summed E-state index contributed by atoms with van der Waals surface area (Å²) in [5.74, 6) is -0.225. The van der Waals surface area contributed by atoms with Gasteiger partial charge in [0.2, 0.25) is 5.91 Å². The maximum atomic E-state index is 11.1. The SMILES string of the molecule is CCCCN(CC(N)=O)CC1Cc2ccccc2S1. The van der Waals surface area contributed by atoms with Crippen LogP contribution in [0.5, 0.6) is 0 Å². The number of nitrogens with zero attached hydrogens (tertiary/aromatic N) is 1. The van der Waals surface area contributed by atoms with E-state index in [9.17, 15) is 4.79 Å². The predicted molar refractivity (Wildman–Crippen MR) is 80.3 cm³/mol. The van der Waals surface area contributed by atoms with E-state index in [1.165, 1.54) is 10.5 Å². The molecule has 1 unspecified atom stereocenters. The van der Waals surface area contributed by atoms with Crippen LogP contribution >= 0.6 is 11.8 Å². The quantitative estimate of drug-likeness (QED) is 0.832. The zero-order valence-corrected chi connectivity index (χ0v) is 12.3. The van der Waals surface area contributed by atoms with Gasteiger partial charge in [0.1, 0.15) is 0 Å². The van der Waals surface area contributed by atoms with E-state index in [0.717, 1.165) is 32.4 Å². The lowest BCUT2D eigenvalue weighted by atomic mass is 10.1. The summed E-state index contributed by atoms with van der Waals surface area (Å²) >= 11 is 1.93. The summed E-state index contributed by atoms with van der Waals surface area (Å²) in [5.41, 5.74) is 6.77. The number of fused-ring (bicyclic) bond motifs is 1. The minimum atomic E-state index is -0.225. The van der Waals surface area contributed by atoms with Crippen LogP contribution in [0.2, 0.25) is 0 Å². The van der Waals surface area contributed by atoms with Crippen LogP contribution in [-0.2, 0) is 11.2 Å². The number of amides is 1. The van der Waals surface area contributed by atoms with E-state index in [2.05, 4.69) is 36.1 Å². The lowest BCUT2D eigenvalue weighted by Gasteiger charge is -2.23. The van der Waals surface area contributed by atoms with Crippen LogP contribution in [0, 0.1) is 0 Å². The van der Waals surface area contributed by atoms with E-state index < -0.39 is 0 Å². The third kappa shape index (κ3) is 4.25. The number of primary amides is 1. The summed E-state index contributed by atoms with van der Waals surface area (Å²) in [6.45, 7) is 4.46. The van der Waals surface area contributed by atoms with E-state index in [0.29, 0.717) is 11.8 Å². The fourth-order valence-electron chi connectivity index (χ4n) is 2.48. The first kappa shape index (κ1) is 14.4. The zero-order valence-electron chi connectivity index (χ0n) is 11.5. The molecule has 1 aliphatic heterocycles. The van der Waals surface area contributed by atoms with Gasteiger partial charge in [0.25, 0.3) is 0 Å². The molecule has 1 aromatic rings. The third-order valence-corrected chi connectivity index (χ3v) is 4.68. The standard InChI is InChI=1S/C15H22N2OS/c1-2-3-8-17(11-15(16)18)10-13-9-12-6-4-5-7-14(12)19-13/h4-7,13H,2-3,8-11H2,1H3,(H2,16,18). The minimum absolute atomic E-state index is 0.225. The van der Waals surface area contributed by atoms with Gasteiger partial charge in [0, 0.05) is 16.7 Å². The number of unbranched alkanes of at least 4 members (excludes halogenated alkanes) is 1. The molecule has 1 atom stereocenters. The first-order valence-electron chi connectivity index (χ1n) is 6.94. The van der Waals surface area contributed by atoms with Crippen molar-refractivity contribution in [3.8, 4) is 0 Å². The average Bonchev–Trinajstić information content (AvgIpc) is 2.77. The van der Waals surface area contributed by atoms with E-state index in [1.54, 1.807) is 0 Å². The van der Waals surface area contributed by atoms with Crippen molar-refractivity contribution in [1.29, 1.82) is 0 Å². The molecule has 104 valence electrons. The van der Waals surface area contributed by atoms with Crippen molar-refractivity contribution in [1.82, 2.24) is 4.90 Å². The van der Waals surface area contributed by atoms with E-state index >= 15 is 0 Å². The highest BCUT2D eigenvalue weighted by atomic mass is 32.2. The summed E-state index contributed by atoms with van der Waals surface area (Å²) in [7, 11) is 0. The summed E-state index contributed by atoms with van der Waals surface area (Å²) in [6.07, 6.45) is 3.37. The monoisotopic (exact) mass is 278 g/mol. The van der Waals surface area contributed by atoms with Gasteiger partial charge < -0.3 is 5.73 Å². The number of rotatable bonds is 7. The smallest absolute Gasteiger partial charge is 0.231 e. The Morgan fingerprint density at radius 3 is 2.95 bits per heavy atom. The molecular formula is C15H22N2OS. The second kappa shape index (κ2) is 6.96. The van der Waals surface area contributed by atoms with Gasteiger partial charge in [0.15, 0.2) is 0 Å². The Balaban J connectivity index is 1.90. The number of nitrogens with two attached hydrogens (primary N) is 1. The van der Waals surface area contributed by atoms with Gasteiger partial charge in [-0.05, 0) is 31.0 Å². The Labute approximate surface area is 119 Å². The van der Waals surface area contributed by atoms with Gasteiger partial charge >= 0.3 is 0 Å². The highest BCUT2D eigenvalue weighted by molar-refractivity contribution is 8.00. The molecule has 0 fully saturated rings. The topological polar surface area (TPSA) is 46.3 Å². The van der Waals surface area contributed by atoms with E-state index in [-0.39, 0.29) is 5.91 Å². The summed E-state index contributed by atoms with van der Waals surface area (Å²) in [6, 6.07) is 8.57. The number of hydrogen-bond donors (Lipinski definition) is 1. The lowest BCUT2D eigenvalue weighted by molar-refractivity contribution is -0.119. The Bertz CT molecular complexity index is 411. The average molecular weight is 278 g/mol. The van der Waals surface area contributed by atoms with Crippen LogP contribution in [0.15, 0.2) is 29.2 Å². The summed E-state index contributed by atoms with van der Waals surface area (Å²) < 4.78 is 0. The van der Waals surface area contributed by atoms with Crippen molar-refractivity contribution in [3.63, 3.8) is 0 Å². The number of carbonyl (C=O) groups excluding carboxylic acids is 1. The van der Waals surface area contributed by atoms with Crippen LogP contribution < -0.4 is 5.73 Å². The molecule has 3 nitrogen and oxygen atoms in total. The van der Waals surface area contributed by atoms with E-state index in [1.807, 2.05) is 11.8 Å². The predicted octanol–water partition coefficient (Wildman–Crippen LogP) is 2.29.